The van der Waals surface area contributed by atoms with Crippen molar-refractivity contribution in [3.05, 3.63) is 18.2 Å². The van der Waals surface area contributed by atoms with E-state index in [9.17, 15) is 0 Å². The largest absolute Gasteiger partial charge is 0.493 e. The summed E-state index contributed by atoms with van der Waals surface area (Å²) < 4.78 is 5.68. The average molecular weight is 282 g/mol. The summed E-state index contributed by atoms with van der Waals surface area (Å²) in [6, 6.07) is 6.46. The fraction of sp³-hybridized carbons (Fsp3) is 0.600. The average Bonchev–Trinajstić information content (AvgIpc) is 2.41. The number of thioether (sulfide) groups is 1. The van der Waals surface area contributed by atoms with Gasteiger partial charge in [-0.3, -0.25) is 0 Å². The molecule has 4 heteroatoms. The molecular formula is C15H26N2OS. The zero-order valence-corrected chi connectivity index (χ0v) is 13.3. The van der Waals surface area contributed by atoms with Gasteiger partial charge in [0.05, 0.1) is 6.61 Å². The first-order valence-corrected chi connectivity index (χ1v) is 8.23. The monoisotopic (exact) mass is 282 g/mol. The van der Waals surface area contributed by atoms with Crippen molar-refractivity contribution >= 4 is 23.1 Å². The maximum Gasteiger partial charge on any atom is 0.123 e. The minimum absolute atomic E-state index is 0.494. The summed E-state index contributed by atoms with van der Waals surface area (Å²) >= 11 is 1.88. The molecule has 1 unspecified atom stereocenters. The van der Waals surface area contributed by atoms with Crippen molar-refractivity contribution in [2.45, 2.75) is 32.7 Å². The van der Waals surface area contributed by atoms with Crippen LogP contribution in [0.25, 0.3) is 0 Å². The number of nitrogens with zero attached hydrogens (tertiary/aromatic N) is 1. The van der Waals surface area contributed by atoms with Gasteiger partial charge in [0.15, 0.2) is 0 Å². The van der Waals surface area contributed by atoms with Gasteiger partial charge < -0.3 is 15.4 Å². The number of nitrogens with two attached hydrogens (primary N) is 1. The quantitative estimate of drug-likeness (QED) is 0.739. The molecule has 0 saturated heterocycles. The predicted molar refractivity (Wildman–Crippen MR) is 87.5 cm³/mol. The van der Waals surface area contributed by atoms with Crippen molar-refractivity contribution in [1.82, 2.24) is 0 Å². The van der Waals surface area contributed by atoms with Crippen LogP contribution in [-0.4, -0.2) is 31.7 Å². The molecule has 0 radical (unpaired) electrons. The number of rotatable bonds is 8. The molecule has 3 nitrogen and oxygen atoms in total. The third kappa shape index (κ3) is 5.23. The van der Waals surface area contributed by atoms with Crippen LogP contribution < -0.4 is 15.4 Å². The standard InChI is InChI=1S/C15H26N2OS/c1-5-7-18-15-10-13(16)9-14(11-15)17(3)12(2)6-8-19-4/h9-12H,5-8,16H2,1-4H3. The van der Waals surface area contributed by atoms with Crippen molar-refractivity contribution in [2.75, 3.05) is 36.3 Å². The molecule has 0 aromatic heterocycles. The number of hydrogen-bond donors (Lipinski definition) is 1. The Kier molecular flexibility index (Phi) is 6.92. The van der Waals surface area contributed by atoms with Crippen LogP contribution in [0.2, 0.25) is 0 Å². The molecule has 2 N–H and O–H groups in total. The summed E-state index contributed by atoms with van der Waals surface area (Å²) in [4.78, 5) is 2.27. The van der Waals surface area contributed by atoms with Crippen molar-refractivity contribution in [1.29, 1.82) is 0 Å². The number of anilines is 2. The predicted octanol–water partition coefficient (Wildman–Crippen LogP) is 3.64. The van der Waals surface area contributed by atoms with Gasteiger partial charge in [0, 0.05) is 36.6 Å². The van der Waals surface area contributed by atoms with Gasteiger partial charge in [-0.1, -0.05) is 6.92 Å². The van der Waals surface area contributed by atoms with Crippen molar-refractivity contribution in [2.24, 2.45) is 0 Å². The molecule has 0 fully saturated rings. The number of benzene rings is 1. The van der Waals surface area contributed by atoms with Crippen molar-refractivity contribution in [3.63, 3.8) is 0 Å². The minimum atomic E-state index is 0.494. The Hall–Kier alpha value is -1.03. The number of hydrogen-bond acceptors (Lipinski definition) is 4. The Morgan fingerprint density at radius 3 is 2.74 bits per heavy atom. The molecule has 108 valence electrons. The van der Waals surface area contributed by atoms with Crippen LogP contribution in [0.3, 0.4) is 0 Å². The molecule has 19 heavy (non-hydrogen) atoms. The lowest BCUT2D eigenvalue weighted by Crippen LogP contribution is -2.29. The van der Waals surface area contributed by atoms with E-state index in [2.05, 4.69) is 38.1 Å². The molecule has 0 aliphatic carbocycles. The van der Waals surface area contributed by atoms with E-state index >= 15 is 0 Å². The molecule has 1 aromatic carbocycles. The smallest absolute Gasteiger partial charge is 0.123 e. The molecule has 0 aliphatic rings. The van der Waals surface area contributed by atoms with Crippen molar-refractivity contribution < 1.29 is 4.74 Å². The second-order valence-electron chi connectivity index (χ2n) is 4.85. The summed E-state index contributed by atoms with van der Waals surface area (Å²) in [5.74, 6) is 2.04. The summed E-state index contributed by atoms with van der Waals surface area (Å²) in [5, 5.41) is 0. The van der Waals surface area contributed by atoms with E-state index in [0.717, 1.165) is 36.6 Å². The maximum absolute atomic E-state index is 5.96. The highest BCUT2D eigenvalue weighted by molar-refractivity contribution is 7.98. The molecule has 1 atom stereocenters. The Labute approximate surface area is 121 Å². The van der Waals surface area contributed by atoms with E-state index in [1.54, 1.807) is 0 Å². The minimum Gasteiger partial charge on any atom is -0.493 e. The normalized spacial score (nSPS) is 12.2. The first-order valence-electron chi connectivity index (χ1n) is 6.83. The SMILES string of the molecule is CCCOc1cc(N)cc(N(C)C(C)CCSC)c1. The molecule has 0 bridgehead atoms. The van der Waals surface area contributed by atoms with Crippen LogP contribution in [0, 0.1) is 0 Å². The van der Waals surface area contributed by atoms with Crippen LogP contribution in [0.1, 0.15) is 26.7 Å². The number of ether oxygens (including phenoxy) is 1. The lowest BCUT2D eigenvalue weighted by Gasteiger charge is -2.27. The molecule has 1 rings (SSSR count). The van der Waals surface area contributed by atoms with E-state index in [0.29, 0.717) is 6.04 Å². The topological polar surface area (TPSA) is 38.5 Å². The second-order valence-corrected chi connectivity index (χ2v) is 5.84. The Balaban J connectivity index is 2.77. The van der Waals surface area contributed by atoms with Gasteiger partial charge >= 0.3 is 0 Å². The zero-order valence-electron chi connectivity index (χ0n) is 12.5. The number of nitrogen functional groups attached to an aromatic ring is 1. The maximum atomic E-state index is 5.96. The van der Waals surface area contributed by atoms with Gasteiger partial charge in [-0.2, -0.15) is 11.8 Å². The van der Waals surface area contributed by atoms with E-state index in [4.69, 9.17) is 10.5 Å². The Bertz CT molecular complexity index is 384. The van der Waals surface area contributed by atoms with Gasteiger partial charge in [-0.25, -0.2) is 0 Å². The van der Waals surface area contributed by atoms with Crippen molar-refractivity contribution in [3.8, 4) is 5.75 Å². The summed E-state index contributed by atoms with van der Waals surface area (Å²) in [6.07, 6.45) is 4.31. The second kappa shape index (κ2) is 8.20. The van der Waals surface area contributed by atoms with E-state index in [-0.39, 0.29) is 0 Å². The molecule has 0 spiro atoms. The van der Waals surface area contributed by atoms with Gasteiger partial charge in [0.25, 0.3) is 0 Å². The molecule has 0 heterocycles. The lowest BCUT2D eigenvalue weighted by atomic mass is 10.2. The van der Waals surface area contributed by atoms with Gasteiger partial charge in [0.2, 0.25) is 0 Å². The first kappa shape index (κ1) is 16.0. The van der Waals surface area contributed by atoms with E-state index in [1.165, 1.54) is 5.75 Å². The van der Waals surface area contributed by atoms with Gasteiger partial charge in [-0.15, -0.1) is 0 Å². The third-order valence-corrected chi connectivity index (χ3v) is 3.84. The zero-order chi connectivity index (χ0) is 14.3. The summed E-state index contributed by atoms with van der Waals surface area (Å²) in [6.45, 7) is 5.07. The van der Waals surface area contributed by atoms with Crippen LogP contribution in [0.5, 0.6) is 5.75 Å². The highest BCUT2D eigenvalue weighted by atomic mass is 32.2. The molecule has 0 saturated carbocycles. The van der Waals surface area contributed by atoms with E-state index in [1.807, 2.05) is 23.9 Å². The highest BCUT2D eigenvalue weighted by Crippen LogP contribution is 2.27. The third-order valence-electron chi connectivity index (χ3n) is 3.19. The molecule has 1 aromatic rings. The van der Waals surface area contributed by atoms with Crippen LogP contribution >= 0.6 is 11.8 Å². The van der Waals surface area contributed by atoms with Gasteiger partial charge in [0.1, 0.15) is 5.75 Å². The Morgan fingerprint density at radius 1 is 1.37 bits per heavy atom. The fourth-order valence-corrected chi connectivity index (χ4v) is 2.43. The lowest BCUT2D eigenvalue weighted by molar-refractivity contribution is 0.317. The first-order chi connectivity index (χ1) is 9.08. The summed E-state index contributed by atoms with van der Waals surface area (Å²) in [5.41, 5.74) is 7.84. The van der Waals surface area contributed by atoms with E-state index < -0.39 is 0 Å². The van der Waals surface area contributed by atoms with Crippen LogP contribution in [-0.2, 0) is 0 Å². The van der Waals surface area contributed by atoms with Gasteiger partial charge in [-0.05, 0) is 37.8 Å². The molecule has 0 aliphatic heterocycles. The Morgan fingerprint density at radius 2 is 2.11 bits per heavy atom. The van der Waals surface area contributed by atoms with Crippen LogP contribution in [0.15, 0.2) is 18.2 Å². The highest BCUT2D eigenvalue weighted by Gasteiger charge is 2.11. The summed E-state index contributed by atoms with van der Waals surface area (Å²) in [7, 11) is 2.11. The molecular weight excluding hydrogens is 256 g/mol. The molecule has 0 amide bonds. The van der Waals surface area contributed by atoms with Crippen LogP contribution in [0.4, 0.5) is 11.4 Å². The fourth-order valence-electron chi connectivity index (χ4n) is 1.85.